The van der Waals surface area contributed by atoms with Gasteiger partial charge in [0.05, 0.1) is 5.92 Å². The van der Waals surface area contributed by atoms with Crippen LogP contribution in [0.15, 0.2) is 18.2 Å². The first-order valence-electron chi connectivity index (χ1n) is 10.0. The average molecular weight is 387 g/mol. The molecule has 2 aliphatic rings. The molecule has 2 saturated heterocycles. The molecule has 2 fully saturated rings. The summed E-state index contributed by atoms with van der Waals surface area (Å²) in [6, 6.07) is 5.02. The van der Waals surface area contributed by atoms with Crippen molar-refractivity contribution in [3.63, 3.8) is 0 Å². The number of carboxylic acid groups (broad SMARTS) is 1. The molecular formula is C21H29N3O4. The summed E-state index contributed by atoms with van der Waals surface area (Å²) in [6.07, 6.45) is 3.35. The number of likely N-dealkylation sites (tertiary alicyclic amines) is 2. The largest absolute Gasteiger partial charge is 0.481 e. The molecule has 2 heterocycles. The van der Waals surface area contributed by atoms with Crippen molar-refractivity contribution in [2.24, 2.45) is 11.8 Å². The van der Waals surface area contributed by atoms with Gasteiger partial charge in [-0.3, -0.25) is 9.59 Å². The second kappa shape index (κ2) is 8.63. The van der Waals surface area contributed by atoms with Crippen molar-refractivity contribution >= 4 is 23.6 Å². The molecule has 7 nitrogen and oxygen atoms in total. The summed E-state index contributed by atoms with van der Waals surface area (Å²) in [7, 11) is 0. The smallest absolute Gasteiger partial charge is 0.321 e. The van der Waals surface area contributed by atoms with E-state index in [2.05, 4.69) is 12.2 Å². The van der Waals surface area contributed by atoms with Gasteiger partial charge in [0.15, 0.2) is 0 Å². The molecule has 2 N–H and O–H groups in total. The van der Waals surface area contributed by atoms with E-state index in [0.29, 0.717) is 36.6 Å². The highest BCUT2D eigenvalue weighted by molar-refractivity contribution is 5.96. The van der Waals surface area contributed by atoms with Crippen molar-refractivity contribution in [2.45, 2.75) is 39.5 Å². The molecule has 0 spiro atoms. The van der Waals surface area contributed by atoms with Crippen molar-refractivity contribution in [3.8, 4) is 0 Å². The van der Waals surface area contributed by atoms with Crippen LogP contribution in [0.3, 0.4) is 0 Å². The molecule has 0 bridgehead atoms. The van der Waals surface area contributed by atoms with Crippen LogP contribution in [0.4, 0.5) is 10.5 Å². The van der Waals surface area contributed by atoms with E-state index in [4.69, 9.17) is 0 Å². The van der Waals surface area contributed by atoms with Gasteiger partial charge in [-0.1, -0.05) is 6.92 Å². The second-order valence-corrected chi connectivity index (χ2v) is 8.06. The van der Waals surface area contributed by atoms with E-state index in [1.54, 1.807) is 17.0 Å². The minimum atomic E-state index is -0.858. The molecule has 1 aromatic carbocycles. The normalized spacial score (nSPS) is 20.7. The van der Waals surface area contributed by atoms with Gasteiger partial charge in [0.25, 0.3) is 5.91 Å². The van der Waals surface area contributed by atoms with E-state index in [1.165, 1.54) is 0 Å². The Kier molecular flexibility index (Phi) is 6.21. The summed E-state index contributed by atoms with van der Waals surface area (Å²) in [4.78, 5) is 39.9. The molecule has 1 atom stereocenters. The van der Waals surface area contributed by atoms with Crippen molar-refractivity contribution in [1.82, 2.24) is 9.80 Å². The fraction of sp³-hybridized carbons (Fsp3) is 0.571. The molecule has 1 unspecified atom stereocenters. The lowest BCUT2D eigenvalue weighted by atomic mass is 9.98. The van der Waals surface area contributed by atoms with Crippen molar-refractivity contribution in [2.75, 3.05) is 31.5 Å². The maximum Gasteiger partial charge on any atom is 0.321 e. The summed E-state index contributed by atoms with van der Waals surface area (Å²) < 4.78 is 0. The number of hydrogen-bond donors (Lipinski definition) is 2. The Morgan fingerprint density at radius 3 is 2.43 bits per heavy atom. The zero-order chi connectivity index (χ0) is 20.3. The minimum absolute atomic E-state index is 0.0354. The van der Waals surface area contributed by atoms with Crippen molar-refractivity contribution in [1.29, 1.82) is 0 Å². The SMILES string of the molecule is Cc1cc(C(=O)N2CCC(C)CC2)ccc1NC(=O)N1CCCC(C(=O)O)C1. The van der Waals surface area contributed by atoms with Crippen LogP contribution in [0.1, 0.15) is 48.5 Å². The highest BCUT2D eigenvalue weighted by atomic mass is 16.4. The highest BCUT2D eigenvalue weighted by Crippen LogP contribution is 2.23. The van der Waals surface area contributed by atoms with E-state index < -0.39 is 11.9 Å². The Balaban J connectivity index is 1.63. The standard InChI is InChI=1S/C21H29N3O4/c1-14-7-10-23(11-8-14)19(25)16-5-6-18(15(2)12-16)22-21(28)24-9-3-4-17(13-24)20(26)27/h5-6,12,14,17H,3-4,7-11,13H2,1-2H3,(H,22,28)(H,26,27). The van der Waals surface area contributed by atoms with Crippen molar-refractivity contribution < 1.29 is 19.5 Å². The van der Waals surface area contributed by atoms with Crippen LogP contribution in [-0.4, -0.2) is 59.0 Å². The summed E-state index contributed by atoms with van der Waals surface area (Å²) in [5.41, 5.74) is 2.09. The van der Waals surface area contributed by atoms with E-state index in [1.807, 2.05) is 17.9 Å². The van der Waals surface area contributed by atoms with Crippen LogP contribution in [0.2, 0.25) is 0 Å². The van der Waals surface area contributed by atoms with Crippen LogP contribution in [0.25, 0.3) is 0 Å². The number of nitrogens with one attached hydrogen (secondary N) is 1. The topological polar surface area (TPSA) is 90.0 Å². The number of anilines is 1. The lowest BCUT2D eigenvalue weighted by Crippen LogP contribution is -2.44. The molecule has 0 saturated carbocycles. The molecule has 152 valence electrons. The predicted molar refractivity (Wildman–Crippen MR) is 106 cm³/mol. The van der Waals surface area contributed by atoms with Gasteiger partial charge in [-0.2, -0.15) is 0 Å². The van der Waals surface area contributed by atoms with Crippen LogP contribution in [-0.2, 0) is 4.79 Å². The maximum absolute atomic E-state index is 12.7. The van der Waals surface area contributed by atoms with Crippen LogP contribution >= 0.6 is 0 Å². The predicted octanol–water partition coefficient (Wildman–Crippen LogP) is 3.20. The van der Waals surface area contributed by atoms with Gasteiger partial charge in [0.2, 0.25) is 0 Å². The number of carbonyl (C=O) groups is 3. The molecule has 3 amide bonds. The molecule has 2 aliphatic heterocycles. The summed E-state index contributed by atoms with van der Waals surface area (Å²) >= 11 is 0. The van der Waals surface area contributed by atoms with Crippen LogP contribution < -0.4 is 5.32 Å². The average Bonchev–Trinajstić information content (AvgIpc) is 2.69. The number of aliphatic carboxylic acids is 1. The fourth-order valence-electron chi connectivity index (χ4n) is 3.89. The number of amides is 3. The lowest BCUT2D eigenvalue weighted by molar-refractivity contribution is -0.143. The fourth-order valence-corrected chi connectivity index (χ4v) is 3.89. The van der Waals surface area contributed by atoms with Gasteiger partial charge >= 0.3 is 12.0 Å². The van der Waals surface area contributed by atoms with Crippen LogP contribution in [0, 0.1) is 18.8 Å². The molecule has 1 aromatic rings. The number of hydrogen-bond acceptors (Lipinski definition) is 3. The first-order chi connectivity index (χ1) is 13.3. The van der Waals surface area contributed by atoms with Crippen molar-refractivity contribution in [3.05, 3.63) is 29.3 Å². The first kappa shape index (κ1) is 20.2. The molecular weight excluding hydrogens is 358 g/mol. The Morgan fingerprint density at radius 1 is 1.07 bits per heavy atom. The Bertz CT molecular complexity index is 756. The lowest BCUT2D eigenvalue weighted by Gasteiger charge is -2.31. The number of carbonyl (C=O) groups excluding carboxylic acids is 2. The van der Waals surface area contributed by atoms with Gasteiger partial charge in [-0.15, -0.1) is 0 Å². The second-order valence-electron chi connectivity index (χ2n) is 8.06. The van der Waals surface area contributed by atoms with Gasteiger partial charge in [0.1, 0.15) is 0 Å². The number of nitrogens with zero attached hydrogens (tertiary/aromatic N) is 2. The molecule has 0 radical (unpaired) electrons. The van der Waals surface area contributed by atoms with Gasteiger partial charge < -0.3 is 20.2 Å². The van der Waals surface area contributed by atoms with E-state index >= 15 is 0 Å². The van der Waals surface area contributed by atoms with E-state index in [9.17, 15) is 19.5 Å². The minimum Gasteiger partial charge on any atom is -0.481 e. The summed E-state index contributed by atoms with van der Waals surface area (Å²) in [5, 5.41) is 12.0. The van der Waals surface area contributed by atoms with E-state index in [-0.39, 0.29) is 18.5 Å². The zero-order valence-corrected chi connectivity index (χ0v) is 16.6. The first-order valence-corrected chi connectivity index (χ1v) is 10.0. The van der Waals surface area contributed by atoms with Gasteiger partial charge in [-0.25, -0.2) is 4.79 Å². The quantitative estimate of drug-likeness (QED) is 0.833. The van der Waals surface area contributed by atoms with Gasteiger partial charge in [-0.05, 0) is 62.3 Å². The van der Waals surface area contributed by atoms with Gasteiger partial charge in [0, 0.05) is 37.4 Å². The molecule has 0 aliphatic carbocycles. The molecule has 28 heavy (non-hydrogen) atoms. The third-order valence-corrected chi connectivity index (χ3v) is 5.84. The number of piperidine rings is 2. The number of rotatable bonds is 3. The van der Waals surface area contributed by atoms with Crippen LogP contribution in [0.5, 0.6) is 0 Å². The Hall–Kier alpha value is -2.57. The third-order valence-electron chi connectivity index (χ3n) is 5.84. The Morgan fingerprint density at radius 2 is 1.79 bits per heavy atom. The number of carboxylic acids is 1. The number of benzene rings is 1. The molecule has 0 aromatic heterocycles. The van der Waals surface area contributed by atoms with E-state index in [0.717, 1.165) is 31.5 Å². The summed E-state index contributed by atoms with van der Waals surface area (Å²) in [6.45, 7) is 6.43. The third kappa shape index (κ3) is 4.64. The number of aryl methyl sites for hydroxylation is 1. The zero-order valence-electron chi connectivity index (χ0n) is 16.6. The Labute approximate surface area is 165 Å². The monoisotopic (exact) mass is 387 g/mol. The number of urea groups is 1. The summed E-state index contributed by atoms with van der Waals surface area (Å²) in [5.74, 6) is -0.663. The molecule has 7 heteroatoms. The maximum atomic E-state index is 12.7. The molecule has 3 rings (SSSR count). The highest BCUT2D eigenvalue weighted by Gasteiger charge is 2.28.